The van der Waals surface area contributed by atoms with Gasteiger partial charge in [0.25, 0.3) is 0 Å². The Hall–Kier alpha value is -3.17. The van der Waals surface area contributed by atoms with Crippen molar-refractivity contribution in [1.82, 2.24) is 9.55 Å². The Labute approximate surface area is 139 Å². The van der Waals surface area contributed by atoms with E-state index in [4.69, 9.17) is 29.4 Å². The maximum absolute atomic E-state index is 12.0. The molecule has 0 aromatic carbocycles. The minimum Gasteiger partial charge on any atom is -0.462 e. The number of nitriles is 1. The third-order valence-corrected chi connectivity index (χ3v) is 3.60. The van der Waals surface area contributed by atoms with E-state index in [-0.39, 0.29) is 12.4 Å². The lowest BCUT2D eigenvalue weighted by Gasteiger charge is -2.18. The molecule has 0 bridgehead atoms. The van der Waals surface area contributed by atoms with Crippen molar-refractivity contribution in [3.8, 4) is 6.07 Å². The fourth-order valence-electron chi connectivity index (χ4n) is 2.54. The van der Waals surface area contributed by atoms with Gasteiger partial charge in [0.2, 0.25) is 0 Å². The van der Waals surface area contributed by atoms with Crippen LogP contribution in [0.1, 0.15) is 12.6 Å². The Morgan fingerprint density at radius 1 is 1.44 bits per heavy atom. The van der Waals surface area contributed by atoms with Crippen LogP contribution in [-0.4, -0.2) is 51.8 Å². The van der Waals surface area contributed by atoms with E-state index >= 15 is 0 Å². The van der Waals surface area contributed by atoms with Crippen molar-refractivity contribution in [3.05, 3.63) is 22.7 Å². The van der Waals surface area contributed by atoms with Gasteiger partial charge in [-0.3, -0.25) is 20.0 Å². The molecular weight excluding hydrogens is 340 g/mol. The summed E-state index contributed by atoms with van der Waals surface area (Å²) in [4.78, 5) is 38.3. The van der Waals surface area contributed by atoms with E-state index < -0.39 is 48.8 Å². The fraction of sp³-hybridized carbons (Fsp3) is 0.462. The van der Waals surface area contributed by atoms with Crippen molar-refractivity contribution in [3.63, 3.8) is 0 Å². The van der Waals surface area contributed by atoms with E-state index in [0.29, 0.717) is 0 Å². The van der Waals surface area contributed by atoms with E-state index in [1.165, 1.54) is 12.3 Å². The zero-order valence-electron chi connectivity index (χ0n) is 12.5. The number of carbonyl (C=O) groups excluding carboxylic acids is 2. The molecule has 0 saturated carbocycles. The number of fused-ring (bicyclic) bond motifs is 1. The minimum atomic E-state index is -1.05. The van der Waals surface area contributed by atoms with E-state index in [1.54, 1.807) is 11.5 Å². The minimum absolute atomic E-state index is 0.0718. The predicted molar refractivity (Wildman–Crippen MR) is 74.1 cm³/mol. The molecule has 0 spiro atoms. The van der Waals surface area contributed by atoms with Crippen molar-refractivity contribution < 1.29 is 33.7 Å². The van der Waals surface area contributed by atoms with Gasteiger partial charge >= 0.3 is 17.8 Å². The molecule has 12 nitrogen and oxygen atoms in total. The number of carbonyl (C=O) groups is 2. The van der Waals surface area contributed by atoms with E-state index in [1.807, 2.05) is 0 Å². The number of aromatic nitrogens is 2. The van der Waals surface area contributed by atoms with Crippen LogP contribution in [0.2, 0.25) is 0 Å². The van der Waals surface area contributed by atoms with Gasteiger partial charge in [0.05, 0.1) is 6.07 Å². The van der Waals surface area contributed by atoms with Gasteiger partial charge in [-0.1, -0.05) is 0 Å². The highest BCUT2D eigenvalue weighted by molar-refractivity contribution is 5.71. The molecule has 0 unspecified atom stereocenters. The van der Waals surface area contributed by atoms with Crippen LogP contribution < -0.4 is 11.2 Å². The molecule has 12 heteroatoms. The number of rotatable bonds is 5. The second-order valence-electron chi connectivity index (χ2n) is 5.11. The normalized spacial score (nSPS) is 27.0. The first kappa shape index (κ1) is 16.7. The number of hydrogen-bond donors (Lipinski definition) is 2. The molecule has 2 aliphatic rings. The highest BCUT2D eigenvalue weighted by Gasteiger charge is 2.55. The zero-order valence-corrected chi connectivity index (χ0v) is 12.5. The average Bonchev–Trinajstić information content (AvgIpc) is 3.11. The Kier molecular flexibility index (Phi) is 4.50. The first-order valence-electron chi connectivity index (χ1n) is 7.08. The van der Waals surface area contributed by atoms with Crippen LogP contribution in [0.3, 0.4) is 0 Å². The van der Waals surface area contributed by atoms with Gasteiger partial charge in [0.1, 0.15) is 19.1 Å². The number of nitrogens with one attached hydrogen (secondary N) is 1. The number of ether oxygens (including phenoxy) is 4. The van der Waals surface area contributed by atoms with Gasteiger partial charge in [-0.25, -0.2) is 9.59 Å². The van der Waals surface area contributed by atoms with Crippen LogP contribution in [0, 0.1) is 11.3 Å². The molecule has 132 valence electrons. The van der Waals surface area contributed by atoms with Crippen LogP contribution in [0.5, 0.6) is 0 Å². The van der Waals surface area contributed by atoms with Crippen LogP contribution >= 0.6 is 0 Å². The van der Waals surface area contributed by atoms with Gasteiger partial charge in [0.15, 0.2) is 24.3 Å². The van der Waals surface area contributed by atoms with Crippen molar-refractivity contribution in [1.29, 1.82) is 5.26 Å². The third kappa shape index (κ3) is 3.23. The number of nitrogens with zero attached hydrogens (tertiary/aromatic N) is 3. The largest absolute Gasteiger partial charge is 0.509 e. The topological polar surface area (TPSA) is 162 Å². The second kappa shape index (κ2) is 6.75. The van der Waals surface area contributed by atoms with Crippen LogP contribution in [-0.2, 0) is 23.7 Å². The summed E-state index contributed by atoms with van der Waals surface area (Å²) in [5.41, 5.74) is 0.963. The van der Waals surface area contributed by atoms with E-state index in [9.17, 15) is 14.4 Å². The average molecular weight is 352 g/mol. The zero-order chi connectivity index (χ0) is 18.0. The molecule has 2 fully saturated rings. The standard InChI is InChI=1S/C13H12N4O8/c14-3-1-8(18)22-5-6-9-10(25-13(20)24-9)11(23-6)17-4-2-7(16-21)15-12(17)19/h2,4,6,9-11,21H,1,5H2,(H,15,16,19)/t6-,9-,10-,11-/m1/s1. The lowest BCUT2D eigenvalue weighted by Crippen LogP contribution is -2.34. The van der Waals surface area contributed by atoms with Crippen LogP contribution in [0.25, 0.3) is 0 Å². The van der Waals surface area contributed by atoms with Crippen molar-refractivity contribution >= 4 is 17.9 Å². The van der Waals surface area contributed by atoms with Crippen molar-refractivity contribution in [2.75, 3.05) is 12.1 Å². The van der Waals surface area contributed by atoms with E-state index in [2.05, 4.69) is 4.98 Å². The molecule has 0 amide bonds. The molecule has 1 aromatic rings. The van der Waals surface area contributed by atoms with Gasteiger partial charge in [0, 0.05) is 6.20 Å². The summed E-state index contributed by atoms with van der Waals surface area (Å²) >= 11 is 0. The second-order valence-corrected chi connectivity index (χ2v) is 5.11. The first-order chi connectivity index (χ1) is 12.0. The molecule has 2 aliphatic heterocycles. The van der Waals surface area contributed by atoms with Gasteiger partial charge in [-0.05, 0) is 6.07 Å². The molecule has 0 radical (unpaired) electrons. The molecule has 2 saturated heterocycles. The number of anilines is 1. The monoisotopic (exact) mass is 352 g/mol. The maximum atomic E-state index is 12.0. The predicted octanol–water partition coefficient (Wildman–Crippen LogP) is -0.697. The molecule has 4 atom stereocenters. The van der Waals surface area contributed by atoms with Crippen LogP contribution in [0.4, 0.5) is 10.6 Å². The summed E-state index contributed by atoms with van der Waals surface area (Å²) in [6.45, 7) is -0.284. The summed E-state index contributed by atoms with van der Waals surface area (Å²) < 4.78 is 21.6. The third-order valence-electron chi connectivity index (χ3n) is 3.60. The van der Waals surface area contributed by atoms with Gasteiger partial charge < -0.3 is 18.9 Å². The summed E-state index contributed by atoms with van der Waals surface area (Å²) in [5, 5.41) is 17.2. The lowest BCUT2D eigenvalue weighted by molar-refractivity contribution is -0.149. The molecule has 3 heterocycles. The summed E-state index contributed by atoms with van der Waals surface area (Å²) in [6, 6.07) is 2.95. The number of esters is 1. The molecule has 25 heavy (non-hydrogen) atoms. The summed E-state index contributed by atoms with van der Waals surface area (Å²) in [5.74, 6) is -0.828. The van der Waals surface area contributed by atoms with Gasteiger partial charge in [-0.15, -0.1) is 0 Å². The Bertz CT molecular complexity index is 787. The molecule has 1 aromatic heterocycles. The van der Waals surface area contributed by atoms with Crippen molar-refractivity contribution in [2.24, 2.45) is 0 Å². The van der Waals surface area contributed by atoms with Crippen molar-refractivity contribution in [2.45, 2.75) is 31.0 Å². The molecule has 3 rings (SSSR count). The highest BCUT2D eigenvalue weighted by atomic mass is 16.8. The smallest absolute Gasteiger partial charge is 0.462 e. The Morgan fingerprint density at radius 3 is 2.88 bits per heavy atom. The Balaban J connectivity index is 1.79. The van der Waals surface area contributed by atoms with Crippen LogP contribution in [0.15, 0.2) is 17.1 Å². The quantitative estimate of drug-likeness (QED) is 0.509. The Morgan fingerprint density at radius 2 is 2.20 bits per heavy atom. The first-order valence-corrected chi connectivity index (χ1v) is 7.08. The maximum Gasteiger partial charge on any atom is 0.509 e. The number of hydrogen-bond acceptors (Lipinski definition) is 11. The SMILES string of the molecule is N#CCC(=O)OC[C@H]1O[C@@H](n2ccc(NO)nc2=O)[C@@H]2OC(=O)O[C@@H]21. The van der Waals surface area contributed by atoms with E-state index in [0.717, 1.165) is 4.57 Å². The molecule has 2 N–H and O–H groups in total. The van der Waals surface area contributed by atoms with Gasteiger partial charge in [-0.2, -0.15) is 10.2 Å². The summed E-state index contributed by atoms with van der Waals surface area (Å²) in [7, 11) is 0. The lowest BCUT2D eigenvalue weighted by atomic mass is 10.1. The molecule has 0 aliphatic carbocycles. The molecular formula is C13H12N4O8. The highest BCUT2D eigenvalue weighted by Crippen LogP contribution is 2.37. The fourth-order valence-corrected chi connectivity index (χ4v) is 2.54. The summed E-state index contributed by atoms with van der Waals surface area (Å²) in [6.07, 6.45) is -3.86.